The molecule has 0 radical (unpaired) electrons. The van der Waals surface area contributed by atoms with E-state index in [-0.39, 0.29) is 5.56 Å². The maximum Gasteiger partial charge on any atom is 0.335 e. The second-order valence-electron chi connectivity index (χ2n) is 5.76. The average Bonchev–Trinajstić information content (AvgIpc) is 3.07. The molecule has 0 bridgehead atoms. The minimum absolute atomic E-state index is 0.233. The van der Waals surface area contributed by atoms with Crippen molar-refractivity contribution in [3.8, 4) is 5.69 Å². The van der Waals surface area contributed by atoms with Crippen LogP contribution in [0, 0.1) is 6.92 Å². The molecule has 0 aliphatic rings. The summed E-state index contributed by atoms with van der Waals surface area (Å²) in [5.74, 6) is 0.276. The number of fused-ring (bicyclic) bond motifs is 1. The van der Waals surface area contributed by atoms with Gasteiger partial charge in [0.25, 0.3) is 0 Å². The second-order valence-corrected chi connectivity index (χ2v) is 5.76. The van der Waals surface area contributed by atoms with Crippen molar-refractivity contribution in [3.05, 3.63) is 72.2 Å². The molecule has 4 rings (SSSR count). The molecule has 0 saturated heterocycles. The fraction of sp³-hybridized carbons (Fsp3) is 0.0526. The quantitative estimate of drug-likeness (QED) is 0.587. The zero-order valence-electron chi connectivity index (χ0n) is 13.9. The number of carbonyl (C=O) groups is 1. The number of aromatic carboxylic acids is 1. The van der Waals surface area contributed by atoms with Gasteiger partial charge in [0.05, 0.1) is 22.8 Å². The van der Waals surface area contributed by atoms with Crippen molar-refractivity contribution < 1.29 is 9.90 Å². The lowest BCUT2D eigenvalue weighted by molar-refractivity contribution is 0.0697. The molecule has 0 fully saturated rings. The normalized spacial score (nSPS) is 10.8. The van der Waals surface area contributed by atoms with E-state index in [2.05, 4.69) is 20.4 Å². The van der Waals surface area contributed by atoms with E-state index in [1.54, 1.807) is 35.1 Å². The van der Waals surface area contributed by atoms with Gasteiger partial charge in [0.15, 0.2) is 5.65 Å². The molecule has 26 heavy (non-hydrogen) atoms. The van der Waals surface area contributed by atoms with Gasteiger partial charge in [-0.3, -0.25) is 0 Å². The third-order valence-corrected chi connectivity index (χ3v) is 3.94. The molecule has 2 aromatic carbocycles. The summed E-state index contributed by atoms with van der Waals surface area (Å²) in [4.78, 5) is 20.0. The largest absolute Gasteiger partial charge is 0.478 e. The number of hydrogen-bond donors (Lipinski definition) is 2. The highest BCUT2D eigenvalue weighted by Gasteiger charge is 2.13. The van der Waals surface area contributed by atoms with E-state index in [0.29, 0.717) is 17.3 Å². The van der Waals surface area contributed by atoms with Crippen LogP contribution in [0.15, 0.2) is 60.8 Å². The van der Waals surface area contributed by atoms with Crippen molar-refractivity contribution in [1.29, 1.82) is 0 Å². The number of hydrogen-bond acceptors (Lipinski definition) is 5. The molecule has 4 aromatic rings. The minimum atomic E-state index is -0.957. The van der Waals surface area contributed by atoms with Crippen molar-refractivity contribution in [3.63, 3.8) is 0 Å². The maximum atomic E-state index is 11.0. The van der Waals surface area contributed by atoms with E-state index in [4.69, 9.17) is 5.11 Å². The SMILES string of the molecule is Cc1nc(Nc2ccc(C(=O)O)cc2)c2cnn(-c3ccccc3)c2n1. The van der Waals surface area contributed by atoms with Gasteiger partial charge >= 0.3 is 5.97 Å². The van der Waals surface area contributed by atoms with Crippen LogP contribution in [-0.2, 0) is 0 Å². The first-order chi connectivity index (χ1) is 12.6. The van der Waals surface area contributed by atoms with Crippen LogP contribution in [0.4, 0.5) is 11.5 Å². The molecule has 2 aromatic heterocycles. The topological polar surface area (TPSA) is 92.9 Å². The number of nitrogens with zero attached hydrogens (tertiary/aromatic N) is 4. The highest BCUT2D eigenvalue weighted by Crippen LogP contribution is 2.25. The van der Waals surface area contributed by atoms with Crippen LogP contribution in [0.1, 0.15) is 16.2 Å². The Labute approximate surface area is 149 Å². The van der Waals surface area contributed by atoms with Crippen molar-refractivity contribution in [1.82, 2.24) is 19.7 Å². The number of aromatic nitrogens is 4. The minimum Gasteiger partial charge on any atom is -0.478 e. The Balaban J connectivity index is 1.76. The van der Waals surface area contributed by atoms with Crippen LogP contribution in [0.25, 0.3) is 16.7 Å². The molecule has 0 atom stereocenters. The number of benzene rings is 2. The Bertz CT molecular complexity index is 1090. The van der Waals surface area contributed by atoms with Gasteiger partial charge in [0, 0.05) is 5.69 Å². The Morgan fingerprint density at radius 3 is 2.46 bits per heavy atom. The van der Waals surface area contributed by atoms with Crippen molar-refractivity contribution in [2.45, 2.75) is 6.92 Å². The lowest BCUT2D eigenvalue weighted by Gasteiger charge is -2.09. The Kier molecular flexibility index (Phi) is 3.81. The standard InChI is InChI=1S/C19H15N5O2/c1-12-21-17(23-14-9-7-13(8-10-14)19(25)26)16-11-20-24(18(16)22-12)15-5-3-2-4-6-15/h2-11H,1H3,(H,25,26)(H,21,22,23). The van der Waals surface area contributed by atoms with E-state index in [0.717, 1.165) is 16.8 Å². The van der Waals surface area contributed by atoms with Gasteiger partial charge in [-0.2, -0.15) is 5.10 Å². The molecule has 7 nitrogen and oxygen atoms in total. The van der Waals surface area contributed by atoms with Gasteiger partial charge in [-0.1, -0.05) is 18.2 Å². The lowest BCUT2D eigenvalue weighted by atomic mass is 10.2. The van der Waals surface area contributed by atoms with Crippen LogP contribution >= 0.6 is 0 Å². The first kappa shape index (κ1) is 15.8. The Hall–Kier alpha value is -3.74. The number of carboxylic acid groups (broad SMARTS) is 1. The van der Waals surface area contributed by atoms with E-state index >= 15 is 0 Å². The molecule has 2 heterocycles. The van der Waals surface area contributed by atoms with Gasteiger partial charge in [-0.25, -0.2) is 19.4 Å². The first-order valence-corrected chi connectivity index (χ1v) is 8.00. The monoisotopic (exact) mass is 345 g/mol. The van der Waals surface area contributed by atoms with E-state index in [9.17, 15) is 4.79 Å². The van der Waals surface area contributed by atoms with Crippen LogP contribution in [0.2, 0.25) is 0 Å². The molecule has 0 aliphatic carbocycles. The van der Waals surface area contributed by atoms with E-state index in [1.807, 2.05) is 37.3 Å². The molecular formula is C19H15N5O2. The van der Waals surface area contributed by atoms with Crippen LogP contribution in [-0.4, -0.2) is 30.8 Å². The Morgan fingerprint density at radius 1 is 1.04 bits per heavy atom. The summed E-state index contributed by atoms with van der Waals surface area (Å²) in [6, 6.07) is 16.3. The predicted octanol–water partition coefficient (Wildman–Crippen LogP) is 3.57. The van der Waals surface area contributed by atoms with Gasteiger partial charge < -0.3 is 10.4 Å². The zero-order chi connectivity index (χ0) is 18.1. The predicted molar refractivity (Wildman–Crippen MR) is 98.1 cm³/mol. The van der Waals surface area contributed by atoms with Crippen LogP contribution in [0.5, 0.6) is 0 Å². The summed E-state index contributed by atoms with van der Waals surface area (Å²) < 4.78 is 1.77. The van der Waals surface area contributed by atoms with E-state index < -0.39 is 5.97 Å². The summed E-state index contributed by atoms with van der Waals surface area (Å²) in [7, 11) is 0. The molecule has 0 amide bonds. The lowest BCUT2D eigenvalue weighted by Crippen LogP contribution is -2.02. The first-order valence-electron chi connectivity index (χ1n) is 8.00. The Morgan fingerprint density at radius 2 is 1.77 bits per heavy atom. The second kappa shape index (κ2) is 6.29. The number of para-hydroxylation sites is 1. The third-order valence-electron chi connectivity index (χ3n) is 3.94. The summed E-state index contributed by atoms with van der Waals surface area (Å²) in [6.07, 6.45) is 1.72. The average molecular weight is 345 g/mol. The summed E-state index contributed by atoms with van der Waals surface area (Å²) in [5.41, 5.74) is 2.59. The molecule has 2 N–H and O–H groups in total. The molecule has 0 saturated carbocycles. The van der Waals surface area contributed by atoms with Crippen molar-refractivity contribution in [2.24, 2.45) is 0 Å². The maximum absolute atomic E-state index is 11.0. The molecule has 128 valence electrons. The van der Waals surface area contributed by atoms with Gasteiger partial charge in [-0.15, -0.1) is 0 Å². The van der Waals surface area contributed by atoms with Gasteiger partial charge in [-0.05, 0) is 43.3 Å². The van der Waals surface area contributed by atoms with Crippen molar-refractivity contribution >= 4 is 28.5 Å². The molecular weight excluding hydrogens is 330 g/mol. The highest BCUT2D eigenvalue weighted by atomic mass is 16.4. The number of carboxylic acids is 1. The third kappa shape index (κ3) is 2.86. The number of anilines is 2. The molecule has 0 unspecified atom stereocenters. The van der Waals surface area contributed by atoms with Crippen molar-refractivity contribution in [2.75, 3.05) is 5.32 Å². The fourth-order valence-corrected chi connectivity index (χ4v) is 2.70. The number of aryl methyl sites for hydroxylation is 1. The highest BCUT2D eigenvalue weighted by molar-refractivity contribution is 5.90. The molecule has 7 heteroatoms. The summed E-state index contributed by atoms with van der Waals surface area (Å²) in [5, 5.41) is 17.4. The smallest absolute Gasteiger partial charge is 0.335 e. The van der Waals surface area contributed by atoms with Crippen LogP contribution < -0.4 is 5.32 Å². The number of rotatable bonds is 4. The van der Waals surface area contributed by atoms with E-state index in [1.165, 1.54) is 0 Å². The molecule has 0 spiro atoms. The summed E-state index contributed by atoms with van der Waals surface area (Å²) in [6.45, 7) is 1.82. The van der Waals surface area contributed by atoms with Gasteiger partial charge in [0.1, 0.15) is 11.6 Å². The van der Waals surface area contributed by atoms with Gasteiger partial charge in [0.2, 0.25) is 0 Å². The number of nitrogens with one attached hydrogen (secondary N) is 1. The fourth-order valence-electron chi connectivity index (χ4n) is 2.70. The van der Waals surface area contributed by atoms with Crippen LogP contribution in [0.3, 0.4) is 0 Å². The summed E-state index contributed by atoms with van der Waals surface area (Å²) >= 11 is 0. The molecule has 0 aliphatic heterocycles. The zero-order valence-corrected chi connectivity index (χ0v) is 13.9.